The van der Waals surface area contributed by atoms with Crippen LogP contribution >= 0.6 is 0 Å². The van der Waals surface area contributed by atoms with Crippen LogP contribution in [0.5, 0.6) is 5.75 Å². The van der Waals surface area contributed by atoms with E-state index in [1.54, 1.807) is 13.0 Å². The van der Waals surface area contributed by atoms with Gasteiger partial charge in [-0.25, -0.2) is 4.98 Å². The highest BCUT2D eigenvalue weighted by Gasteiger charge is 2.11. The molecule has 0 saturated heterocycles. The molecule has 2 aromatic rings. The van der Waals surface area contributed by atoms with Gasteiger partial charge in [0.05, 0.1) is 11.4 Å². The third-order valence-electron chi connectivity index (χ3n) is 2.83. The Morgan fingerprint density at radius 1 is 1.21 bits per heavy atom. The van der Waals surface area contributed by atoms with Crippen molar-refractivity contribution in [2.24, 2.45) is 0 Å². The highest BCUT2D eigenvalue weighted by Crippen LogP contribution is 2.22. The van der Waals surface area contributed by atoms with Crippen LogP contribution in [-0.2, 0) is 6.61 Å². The lowest BCUT2D eigenvalue weighted by molar-refractivity contribution is 0.259. The van der Waals surface area contributed by atoms with E-state index in [-0.39, 0.29) is 6.61 Å². The zero-order valence-corrected chi connectivity index (χ0v) is 11.4. The molecule has 0 bridgehead atoms. The normalized spacial score (nSPS) is 10.3. The van der Waals surface area contributed by atoms with E-state index in [1.807, 2.05) is 20.8 Å². The second kappa shape index (κ2) is 5.11. The smallest absolute Gasteiger partial charge is 0.232 e. The number of aromatic nitrogens is 2. The Bertz CT molecular complexity index is 634. The minimum Gasteiger partial charge on any atom is -0.482 e. The topological polar surface area (TPSA) is 71.9 Å². The van der Waals surface area contributed by atoms with E-state index in [0.29, 0.717) is 22.9 Å². The molecule has 0 aliphatic rings. The summed E-state index contributed by atoms with van der Waals surface area (Å²) in [7, 11) is 0. The Morgan fingerprint density at radius 3 is 2.53 bits per heavy atom. The van der Waals surface area contributed by atoms with Crippen LogP contribution in [0.15, 0.2) is 10.5 Å². The third kappa shape index (κ3) is 2.74. The summed E-state index contributed by atoms with van der Waals surface area (Å²) in [5.74, 6) is 1.80. The summed E-state index contributed by atoms with van der Waals surface area (Å²) in [6.45, 7) is 7.58. The first-order valence-corrected chi connectivity index (χ1v) is 5.95. The maximum Gasteiger partial charge on any atom is 0.232 e. The van der Waals surface area contributed by atoms with Crippen molar-refractivity contribution in [2.45, 2.75) is 34.3 Å². The molecule has 0 aromatic carbocycles. The monoisotopic (exact) mass is 257 g/mol. The molecule has 0 saturated carbocycles. The molecule has 0 radical (unpaired) electrons. The molecule has 0 unspecified atom stereocenters. The molecule has 0 aliphatic carbocycles. The van der Waals surface area contributed by atoms with Gasteiger partial charge < -0.3 is 9.15 Å². The SMILES string of the molecule is Cc1cc(OCc2nc(C)c(C)o2)c(C#N)c(C)n1. The quantitative estimate of drug-likeness (QED) is 0.845. The van der Waals surface area contributed by atoms with Crippen molar-refractivity contribution in [2.75, 3.05) is 0 Å². The summed E-state index contributed by atoms with van der Waals surface area (Å²) in [6.07, 6.45) is 0. The van der Waals surface area contributed by atoms with Gasteiger partial charge in [0.1, 0.15) is 23.1 Å². The molecule has 5 heteroatoms. The number of aryl methyl sites for hydroxylation is 4. The fourth-order valence-electron chi connectivity index (χ4n) is 1.78. The van der Waals surface area contributed by atoms with Gasteiger partial charge in [-0.15, -0.1) is 0 Å². The molecule has 0 N–H and O–H groups in total. The van der Waals surface area contributed by atoms with Gasteiger partial charge in [-0.1, -0.05) is 0 Å². The molecular weight excluding hydrogens is 242 g/mol. The molecule has 98 valence electrons. The van der Waals surface area contributed by atoms with Crippen molar-refractivity contribution in [3.63, 3.8) is 0 Å². The van der Waals surface area contributed by atoms with Crippen LogP contribution in [0.1, 0.15) is 34.3 Å². The molecule has 0 atom stereocenters. The van der Waals surface area contributed by atoms with Gasteiger partial charge in [-0.3, -0.25) is 4.98 Å². The zero-order chi connectivity index (χ0) is 14.0. The van der Waals surface area contributed by atoms with Crippen LogP contribution in [0.25, 0.3) is 0 Å². The molecular formula is C14H15N3O2. The zero-order valence-electron chi connectivity index (χ0n) is 11.4. The van der Waals surface area contributed by atoms with Crippen molar-refractivity contribution in [3.05, 3.63) is 40.4 Å². The number of rotatable bonds is 3. The number of hydrogen-bond donors (Lipinski definition) is 0. The summed E-state index contributed by atoms with van der Waals surface area (Å²) in [5, 5.41) is 9.13. The number of nitrogens with zero attached hydrogens (tertiary/aromatic N) is 3. The summed E-state index contributed by atoms with van der Waals surface area (Å²) >= 11 is 0. The van der Waals surface area contributed by atoms with E-state index in [9.17, 15) is 0 Å². The van der Waals surface area contributed by atoms with Gasteiger partial charge >= 0.3 is 0 Å². The van der Waals surface area contributed by atoms with E-state index in [2.05, 4.69) is 16.0 Å². The van der Waals surface area contributed by atoms with Crippen LogP contribution in [-0.4, -0.2) is 9.97 Å². The predicted molar refractivity (Wildman–Crippen MR) is 68.7 cm³/mol. The number of oxazole rings is 1. The molecule has 0 amide bonds. The molecule has 2 aromatic heterocycles. The maximum absolute atomic E-state index is 9.13. The van der Waals surface area contributed by atoms with Gasteiger partial charge in [0.25, 0.3) is 0 Å². The van der Waals surface area contributed by atoms with Crippen molar-refractivity contribution in [3.8, 4) is 11.8 Å². The van der Waals surface area contributed by atoms with Gasteiger partial charge in [0.2, 0.25) is 5.89 Å². The first-order chi connectivity index (χ1) is 9.01. The largest absolute Gasteiger partial charge is 0.482 e. The summed E-state index contributed by atoms with van der Waals surface area (Å²) in [6, 6.07) is 3.85. The number of nitriles is 1. The highest BCUT2D eigenvalue weighted by atomic mass is 16.5. The van der Waals surface area contributed by atoms with Gasteiger partial charge in [-0.2, -0.15) is 5.26 Å². The predicted octanol–water partition coefficient (Wildman–Crippen LogP) is 2.75. The van der Waals surface area contributed by atoms with E-state index in [4.69, 9.17) is 14.4 Å². The minimum absolute atomic E-state index is 0.201. The average molecular weight is 257 g/mol. The van der Waals surface area contributed by atoms with E-state index in [0.717, 1.165) is 17.1 Å². The third-order valence-corrected chi connectivity index (χ3v) is 2.83. The van der Waals surface area contributed by atoms with E-state index in [1.165, 1.54) is 0 Å². The van der Waals surface area contributed by atoms with Crippen LogP contribution in [0, 0.1) is 39.0 Å². The lowest BCUT2D eigenvalue weighted by atomic mass is 10.2. The minimum atomic E-state index is 0.201. The van der Waals surface area contributed by atoms with Crippen LogP contribution < -0.4 is 4.74 Å². The number of hydrogen-bond acceptors (Lipinski definition) is 5. The lowest BCUT2D eigenvalue weighted by Gasteiger charge is -2.08. The second-order valence-corrected chi connectivity index (χ2v) is 4.37. The molecule has 2 heterocycles. The molecule has 0 aliphatic heterocycles. The van der Waals surface area contributed by atoms with Gasteiger partial charge in [-0.05, 0) is 27.7 Å². The highest BCUT2D eigenvalue weighted by molar-refractivity contribution is 5.46. The summed E-state index contributed by atoms with van der Waals surface area (Å²) < 4.78 is 11.1. The first kappa shape index (κ1) is 13.1. The van der Waals surface area contributed by atoms with Crippen LogP contribution in [0.2, 0.25) is 0 Å². The molecule has 2 rings (SSSR count). The Labute approximate surface area is 111 Å². The Kier molecular flexibility index (Phi) is 3.52. The fourth-order valence-corrected chi connectivity index (χ4v) is 1.78. The molecule has 0 spiro atoms. The van der Waals surface area contributed by atoms with Crippen molar-refractivity contribution in [1.82, 2.24) is 9.97 Å². The van der Waals surface area contributed by atoms with Gasteiger partial charge in [0, 0.05) is 11.8 Å². The van der Waals surface area contributed by atoms with Crippen LogP contribution in [0.4, 0.5) is 0 Å². The van der Waals surface area contributed by atoms with E-state index < -0.39 is 0 Å². The standard InChI is InChI=1S/C14H15N3O2/c1-8-5-13(12(6-15)10(3)16-8)18-7-14-17-9(2)11(4)19-14/h5H,7H2,1-4H3. The number of pyridine rings is 1. The Morgan fingerprint density at radius 2 is 1.95 bits per heavy atom. The maximum atomic E-state index is 9.13. The molecule has 5 nitrogen and oxygen atoms in total. The van der Waals surface area contributed by atoms with Crippen molar-refractivity contribution >= 4 is 0 Å². The Balaban J connectivity index is 2.22. The summed E-state index contributed by atoms with van der Waals surface area (Å²) in [5.41, 5.74) is 2.77. The second-order valence-electron chi connectivity index (χ2n) is 4.37. The van der Waals surface area contributed by atoms with Gasteiger partial charge in [0.15, 0.2) is 6.61 Å². The summed E-state index contributed by atoms with van der Waals surface area (Å²) in [4.78, 5) is 8.47. The first-order valence-electron chi connectivity index (χ1n) is 5.95. The molecule has 0 fully saturated rings. The number of ether oxygens (including phenoxy) is 1. The lowest BCUT2D eigenvalue weighted by Crippen LogP contribution is -2.01. The average Bonchev–Trinajstić information content (AvgIpc) is 2.65. The van der Waals surface area contributed by atoms with Crippen molar-refractivity contribution in [1.29, 1.82) is 5.26 Å². The van der Waals surface area contributed by atoms with E-state index >= 15 is 0 Å². The Hall–Kier alpha value is -2.35. The molecule has 19 heavy (non-hydrogen) atoms. The van der Waals surface area contributed by atoms with Crippen LogP contribution in [0.3, 0.4) is 0 Å². The fraction of sp³-hybridized carbons (Fsp3) is 0.357. The van der Waals surface area contributed by atoms with Crippen molar-refractivity contribution < 1.29 is 9.15 Å².